The molecule has 0 saturated carbocycles. The molecule has 1 fully saturated rings. The molecule has 1 aliphatic heterocycles. The zero-order chi connectivity index (χ0) is 17.1. The van der Waals surface area contributed by atoms with E-state index in [1.807, 2.05) is 6.07 Å². The van der Waals surface area contributed by atoms with Crippen LogP contribution < -0.4 is 4.90 Å². The minimum Gasteiger partial charge on any atom is -0.378 e. The molecule has 3 aromatic rings. The Morgan fingerprint density at radius 2 is 1.88 bits per heavy atom. The Labute approximate surface area is 148 Å². The van der Waals surface area contributed by atoms with Gasteiger partial charge in [0, 0.05) is 18.8 Å². The number of morpholine rings is 1. The third-order valence-corrected chi connectivity index (χ3v) is 5.11. The summed E-state index contributed by atoms with van der Waals surface area (Å²) in [4.78, 5) is 2.39. The maximum atomic E-state index is 5.43. The number of nitrogens with one attached hydrogen (secondary N) is 1. The summed E-state index contributed by atoms with van der Waals surface area (Å²) in [5.74, 6) is 0.447. The zero-order valence-electron chi connectivity index (χ0n) is 14.6. The number of hydrogen-bond acceptors (Lipinski definition) is 4. The van der Waals surface area contributed by atoms with Crippen molar-refractivity contribution < 1.29 is 4.74 Å². The second-order valence-corrected chi connectivity index (χ2v) is 6.61. The van der Waals surface area contributed by atoms with E-state index >= 15 is 0 Å². The number of H-pyrrole nitrogens is 1. The molecule has 25 heavy (non-hydrogen) atoms. The number of hydrogen-bond donors (Lipinski definition) is 1. The van der Waals surface area contributed by atoms with Gasteiger partial charge in [-0.25, -0.2) is 0 Å². The van der Waals surface area contributed by atoms with Gasteiger partial charge in [-0.2, -0.15) is 15.4 Å². The molecule has 1 aliphatic rings. The second kappa shape index (κ2) is 7.23. The van der Waals surface area contributed by atoms with Crippen LogP contribution in [0.1, 0.15) is 30.4 Å². The molecule has 0 radical (unpaired) electrons. The van der Waals surface area contributed by atoms with Crippen molar-refractivity contribution in [2.24, 2.45) is 0 Å². The number of aromatic nitrogens is 3. The Hall–Kier alpha value is -2.40. The van der Waals surface area contributed by atoms with E-state index in [-0.39, 0.29) is 0 Å². The van der Waals surface area contributed by atoms with Gasteiger partial charge in [0.15, 0.2) is 0 Å². The SMILES string of the molecule is CCC(Cc1ccc(N2CCOCC2)cc1)c1cccc2n[nH]nc12. The highest BCUT2D eigenvalue weighted by molar-refractivity contribution is 5.77. The van der Waals surface area contributed by atoms with Gasteiger partial charge in [-0.1, -0.05) is 31.2 Å². The Morgan fingerprint density at radius 3 is 2.64 bits per heavy atom. The van der Waals surface area contributed by atoms with Crippen LogP contribution in [0.3, 0.4) is 0 Å². The minimum atomic E-state index is 0.447. The van der Waals surface area contributed by atoms with Crippen molar-refractivity contribution in [3.05, 3.63) is 53.6 Å². The van der Waals surface area contributed by atoms with Gasteiger partial charge in [0.1, 0.15) is 11.0 Å². The molecule has 1 N–H and O–H groups in total. The molecule has 0 spiro atoms. The van der Waals surface area contributed by atoms with Crippen LogP contribution in [0.5, 0.6) is 0 Å². The summed E-state index contributed by atoms with van der Waals surface area (Å²) in [5.41, 5.74) is 5.88. The maximum Gasteiger partial charge on any atom is 0.116 e. The molecular formula is C20H24N4O. The van der Waals surface area contributed by atoms with E-state index in [2.05, 4.69) is 63.6 Å². The van der Waals surface area contributed by atoms with E-state index in [9.17, 15) is 0 Å². The molecule has 2 aromatic carbocycles. The van der Waals surface area contributed by atoms with Crippen molar-refractivity contribution in [2.45, 2.75) is 25.7 Å². The third kappa shape index (κ3) is 3.37. The van der Waals surface area contributed by atoms with E-state index in [0.717, 1.165) is 50.2 Å². The Morgan fingerprint density at radius 1 is 1.08 bits per heavy atom. The Bertz CT molecular complexity index is 821. The van der Waals surface area contributed by atoms with Crippen molar-refractivity contribution in [1.29, 1.82) is 0 Å². The smallest absolute Gasteiger partial charge is 0.116 e. The van der Waals surface area contributed by atoms with Crippen molar-refractivity contribution in [1.82, 2.24) is 15.4 Å². The molecule has 5 heteroatoms. The van der Waals surface area contributed by atoms with Crippen molar-refractivity contribution >= 4 is 16.7 Å². The number of ether oxygens (including phenoxy) is 1. The lowest BCUT2D eigenvalue weighted by molar-refractivity contribution is 0.122. The van der Waals surface area contributed by atoms with E-state index in [1.165, 1.54) is 16.8 Å². The van der Waals surface area contributed by atoms with Crippen molar-refractivity contribution in [3.63, 3.8) is 0 Å². The number of benzene rings is 2. The first-order chi connectivity index (χ1) is 12.3. The van der Waals surface area contributed by atoms with Gasteiger partial charge in [0.25, 0.3) is 0 Å². The quantitative estimate of drug-likeness (QED) is 0.774. The molecule has 5 nitrogen and oxygen atoms in total. The van der Waals surface area contributed by atoms with Gasteiger partial charge >= 0.3 is 0 Å². The van der Waals surface area contributed by atoms with Gasteiger partial charge in [-0.15, -0.1) is 0 Å². The maximum absolute atomic E-state index is 5.43. The predicted molar refractivity (Wildman–Crippen MR) is 100 cm³/mol. The molecule has 0 bridgehead atoms. The van der Waals surface area contributed by atoms with Crippen LogP contribution in [0.15, 0.2) is 42.5 Å². The molecule has 1 unspecified atom stereocenters. The van der Waals surface area contributed by atoms with Crippen molar-refractivity contribution in [3.8, 4) is 0 Å². The average molecular weight is 336 g/mol. The molecule has 1 saturated heterocycles. The first-order valence-electron chi connectivity index (χ1n) is 9.06. The van der Waals surface area contributed by atoms with Crippen LogP contribution in [0.25, 0.3) is 11.0 Å². The molecule has 0 aliphatic carbocycles. The summed E-state index contributed by atoms with van der Waals surface area (Å²) < 4.78 is 5.43. The molecule has 2 heterocycles. The third-order valence-electron chi connectivity index (χ3n) is 5.11. The topological polar surface area (TPSA) is 54.0 Å². The summed E-state index contributed by atoms with van der Waals surface area (Å²) in [7, 11) is 0. The summed E-state index contributed by atoms with van der Waals surface area (Å²) in [6, 6.07) is 15.3. The van der Waals surface area contributed by atoms with Gasteiger partial charge < -0.3 is 9.64 Å². The summed E-state index contributed by atoms with van der Waals surface area (Å²) in [6.07, 6.45) is 2.10. The van der Waals surface area contributed by atoms with Gasteiger partial charge in [-0.3, -0.25) is 0 Å². The lowest BCUT2D eigenvalue weighted by atomic mass is 9.89. The lowest BCUT2D eigenvalue weighted by Crippen LogP contribution is -2.36. The molecule has 4 rings (SSSR count). The van der Waals surface area contributed by atoms with Gasteiger partial charge in [0.2, 0.25) is 0 Å². The molecule has 1 atom stereocenters. The van der Waals surface area contributed by atoms with E-state index < -0.39 is 0 Å². The number of rotatable bonds is 5. The molecular weight excluding hydrogens is 312 g/mol. The van der Waals surface area contributed by atoms with Crippen LogP contribution in [0.2, 0.25) is 0 Å². The normalized spacial score (nSPS) is 16.3. The fraction of sp³-hybridized carbons (Fsp3) is 0.400. The number of aromatic amines is 1. The zero-order valence-corrected chi connectivity index (χ0v) is 14.6. The second-order valence-electron chi connectivity index (χ2n) is 6.61. The Kier molecular flexibility index (Phi) is 4.65. The van der Waals surface area contributed by atoms with Crippen LogP contribution in [-0.2, 0) is 11.2 Å². The first-order valence-corrected chi connectivity index (χ1v) is 9.06. The highest BCUT2D eigenvalue weighted by Crippen LogP contribution is 2.29. The standard InChI is InChI=1S/C20H24N4O/c1-2-16(18-4-3-5-19-20(18)22-23-21-19)14-15-6-8-17(9-7-15)24-10-12-25-13-11-24/h3-9,16H,2,10-14H2,1H3,(H,21,22,23). The first kappa shape index (κ1) is 16.1. The molecule has 0 amide bonds. The number of anilines is 1. The van der Waals surface area contributed by atoms with Crippen LogP contribution in [-0.4, -0.2) is 41.7 Å². The summed E-state index contributed by atoms with van der Waals surface area (Å²) in [6.45, 7) is 5.84. The monoisotopic (exact) mass is 336 g/mol. The van der Waals surface area contributed by atoms with Crippen LogP contribution >= 0.6 is 0 Å². The highest BCUT2D eigenvalue weighted by Gasteiger charge is 2.16. The van der Waals surface area contributed by atoms with Crippen LogP contribution in [0.4, 0.5) is 5.69 Å². The van der Waals surface area contributed by atoms with E-state index in [1.54, 1.807) is 0 Å². The molecule has 130 valence electrons. The number of para-hydroxylation sites is 1. The average Bonchev–Trinajstić information content (AvgIpc) is 3.16. The van der Waals surface area contributed by atoms with Gasteiger partial charge in [-0.05, 0) is 48.1 Å². The largest absolute Gasteiger partial charge is 0.378 e. The molecule has 1 aromatic heterocycles. The summed E-state index contributed by atoms with van der Waals surface area (Å²) >= 11 is 0. The highest BCUT2D eigenvalue weighted by atomic mass is 16.5. The van der Waals surface area contributed by atoms with Gasteiger partial charge in [0.05, 0.1) is 13.2 Å². The Balaban J connectivity index is 1.52. The fourth-order valence-electron chi connectivity index (χ4n) is 3.64. The van der Waals surface area contributed by atoms with Crippen molar-refractivity contribution in [2.75, 3.05) is 31.2 Å². The number of nitrogens with zero attached hydrogens (tertiary/aromatic N) is 3. The lowest BCUT2D eigenvalue weighted by Gasteiger charge is -2.29. The minimum absolute atomic E-state index is 0.447. The van der Waals surface area contributed by atoms with E-state index in [0.29, 0.717) is 5.92 Å². The van der Waals surface area contributed by atoms with E-state index in [4.69, 9.17) is 4.74 Å². The number of fused-ring (bicyclic) bond motifs is 1. The predicted octanol–water partition coefficient (Wildman–Crippen LogP) is 3.53. The summed E-state index contributed by atoms with van der Waals surface area (Å²) in [5, 5.41) is 11.3. The fourth-order valence-corrected chi connectivity index (χ4v) is 3.64. The van der Waals surface area contributed by atoms with Crippen LogP contribution in [0, 0.1) is 0 Å².